The quantitative estimate of drug-likeness (QED) is 0.802. The summed E-state index contributed by atoms with van der Waals surface area (Å²) in [6.07, 6.45) is 0. The molecule has 0 aliphatic heterocycles. The molecule has 0 amide bonds. The Morgan fingerprint density at radius 1 is 1.60 bits per heavy atom. The van der Waals surface area contributed by atoms with E-state index in [4.69, 9.17) is 17.3 Å². The van der Waals surface area contributed by atoms with Gasteiger partial charge in [-0.2, -0.15) is 0 Å². The molecular weight excluding hydrogens is 214 g/mol. The van der Waals surface area contributed by atoms with Crippen molar-refractivity contribution in [2.45, 2.75) is 12.8 Å². The Morgan fingerprint density at radius 3 is 2.80 bits per heavy atom. The van der Waals surface area contributed by atoms with E-state index in [1.165, 1.54) is 7.11 Å². The zero-order valence-corrected chi connectivity index (χ0v) is 9.54. The third kappa shape index (κ3) is 2.70. The summed E-state index contributed by atoms with van der Waals surface area (Å²) in [4.78, 5) is 11.4. The van der Waals surface area contributed by atoms with Gasteiger partial charge < -0.3 is 10.5 Å². The van der Waals surface area contributed by atoms with Crippen LogP contribution in [0.15, 0.2) is 18.2 Å². The molecule has 2 N–H and O–H groups in total. The number of nitrogens with two attached hydrogens (primary N) is 1. The van der Waals surface area contributed by atoms with E-state index in [-0.39, 0.29) is 12.5 Å². The van der Waals surface area contributed by atoms with E-state index in [2.05, 4.69) is 4.74 Å². The lowest BCUT2D eigenvalue weighted by molar-refractivity contribution is -0.142. The molecule has 0 radical (unpaired) electrons. The molecule has 0 heterocycles. The van der Waals surface area contributed by atoms with E-state index in [1.54, 1.807) is 6.07 Å². The first-order valence-electron chi connectivity index (χ1n) is 4.64. The number of aryl methyl sites for hydroxylation is 1. The molecule has 0 spiro atoms. The first-order valence-corrected chi connectivity index (χ1v) is 5.02. The molecule has 1 aromatic rings. The summed E-state index contributed by atoms with van der Waals surface area (Å²) in [5.74, 6) is -0.840. The van der Waals surface area contributed by atoms with Gasteiger partial charge in [0, 0.05) is 11.6 Å². The summed E-state index contributed by atoms with van der Waals surface area (Å²) in [6, 6.07) is 5.51. The van der Waals surface area contributed by atoms with Gasteiger partial charge in [0.05, 0.1) is 13.0 Å². The van der Waals surface area contributed by atoms with Crippen LogP contribution < -0.4 is 5.73 Å². The van der Waals surface area contributed by atoms with E-state index < -0.39 is 5.92 Å². The second-order valence-corrected chi connectivity index (χ2v) is 3.74. The molecule has 0 saturated heterocycles. The molecule has 82 valence electrons. The minimum absolute atomic E-state index is 0.190. The van der Waals surface area contributed by atoms with Gasteiger partial charge in [-0.3, -0.25) is 4.79 Å². The lowest BCUT2D eigenvalue weighted by Crippen LogP contribution is -2.23. The van der Waals surface area contributed by atoms with Crippen molar-refractivity contribution in [2.24, 2.45) is 5.73 Å². The van der Waals surface area contributed by atoms with Gasteiger partial charge >= 0.3 is 5.97 Å². The van der Waals surface area contributed by atoms with Gasteiger partial charge in [-0.05, 0) is 18.6 Å². The Morgan fingerprint density at radius 2 is 2.27 bits per heavy atom. The minimum atomic E-state index is -0.484. The molecule has 0 saturated carbocycles. The van der Waals surface area contributed by atoms with E-state index >= 15 is 0 Å². The second-order valence-electron chi connectivity index (χ2n) is 3.34. The van der Waals surface area contributed by atoms with Crippen molar-refractivity contribution in [1.82, 2.24) is 0 Å². The van der Waals surface area contributed by atoms with Crippen molar-refractivity contribution in [2.75, 3.05) is 13.7 Å². The molecule has 0 aliphatic rings. The highest BCUT2D eigenvalue weighted by molar-refractivity contribution is 6.31. The van der Waals surface area contributed by atoms with E-state index in [9.17, 15) is 4.79 Å². The lowest BCUT2D eigenvalue weighted by atomic mass is 9.97. The normalized spacial score (nSPS) is 12.3. The maximum Gasteiger partial charge on any atom is 0.314 e. The minimum Gasteiger partial charge on any atom is -0.469 e. The van der Waals surface area contributed by atoms with Gasteiger partial charge in [0.2, 0.25) is 0 Å². The van der Waals surface area contributed by atoms with Crippen molar-refractivity contribution in [3.63, 3.8) is 0 Å². The molecule has 0 aliphatic carbocycles. The van der Waals surface area contributed by atoms with Crippen LogP contribution in [-0.2, 0) is 9.53 Å². The van der Waals surface area contributed by atoms with Gasteiger partial charge in [0.1, 0.15) is 0 Å². The Kier molecular flexibility index (Phi) is 4.12. The molecule has 0 bridgehead atoms. The SMILES string of the molecule is COC(=O)C(CN)c1cc(C)ccc1Cl. The molecule has 3 nitrogen and oxygen atoms in total. The van der Waals surface area contributed by atoms with Crippen LogP contribution in [0.4, 0.5) is 0 Å². The first-order chi connectivity index (χ1) is 7.10. The van der Waals surface area contributed by atoms with Gasteiger partial charge in [0.15, 0.2) is 0 Å². The molecule has 15 heavy (non-hydrogen) atoms. The average Bonchev–Trinajstić information content (AvgIpc) is 2.23. The van der Waals surface area contributed by atoms with Crippen molar-refractivity contribution in [3.8, 4) is 0 Å². The number of ether oxygens (including phenoxy) is 1. The number of carbonyl (C=O) groups excluding carboxylic acids is 1. The van der Waals surface area contributed by atoms with E-state index in [0.717, 1.165) is 11.1 Å². The summed E-state index contributed by atoms with van der Waals surface area (Å²) < 4.78 is 4.67. The maximum absolute atomic E-state index is 11.4. The predicted octanol–water partition coefficient (Wildman–Crippen LogP) is 1.86. The maximum atomic E-state index is 11.4. The average molecular weight is 228 g/mol. The number of carbonyl (C=O) groups is 1. The number of halogens is 1. The Balaban J connectivity index is 3.11. The standard InChI is InChI=1S/C11H14ClNO2/c1-7-3-4-10(12)8(5-7)9(6-13)11(14)15-2/h3-5,9H,6,13H2,1-2H3. The number of hydrogen-bond donors (Lipinski definition) is 1. The Labute approximate surface area is 94.2 Å². The second kappa shape index (κ2) is 5.14. The first kappa shape index (κ1) is 12.0. The topological polar surface area (TPSA) is 52.3 Å². The molecule has 0 fully saturated rings. The fourth-order valence-corrected chi connectivity index (χ4v) is 1.67. The van der Waals surface area contributed by atoms with Crippen LogP contribution >= 0.6 is 11.6 Å². The highest BCUT2D eigenvalue weighted by Gasteiger charge is 2.22. The molecule has 1 unspecified atom stereocenters. The Bertz CT molecular complexity index is 366. The van der Waals surface area contributed by atoms with Crippen molar-refractivity contribution >= 4 is 17.6 Å². The van der Waals surface area contributed by atoms with E-state index in [1.807, 2.05) is 19.1 Å². The summed E-state index contributed by atoms with van der Waals surface area (Å²) >= 11 is 6.01. The molecule has 4 heteroatoms. The van der Waals surface area contributed by atoms with Crippen molar-refractivity contribution in [1.29, 1.82) is 0 Å². The van der Waals surface area contributed by atoms with Gasteiger partial charge in [0.25, 0.3) is 0 Å². The van der Waals surface area contributed by atoms with E-state index in [0.29, 0.717) is 5.02 Å². The monoisotopic (exact) mass is 227 g/mol. The lowest BCUT2D eigenvalue weighted by Gasteiger charge is -2.14. The van der Waals surface area contributed by atoms with Crippen LogP contribution in [0.5, 0.6) is 0 Å². The molecular formula is C11H14ClNO2. The van der Waals surface area contributed by atoms with Crippen LogP contribution in [0, 0.1) is 6.92 Å². The number of methoxy groups -OCH3 is 1. The van der Waals surface area contributed by atoms with Crippen LogP contribution in [-0.4, -0.2) is 19.6 Å². The fraction of sp³-hybridized carbons (Fsp3) is 0.364. The van der Waals surface area contributed by atoms with Gasteiger partial charge in [-0.15, -0.1) is 0 Å². The molecule has 1 atom stereocenters. The summed E-state index contributed by atoms with van der Waals surface area (Å²) in [6.45, 7) is 2.13. The van der Waals surface area contributed by atoms with Crippen LogP contribution in [0.1, 0.15) is 17.0 Å². The number of rotatable bonds is 3. The van der Waals surface area contributed by atoms with Crippen molar-refractivity contribution < 1.29 is 9.53 Å². The van der Waals surface area contributed by atoms with Gasteiger partial charge in [-0.25, -0.2) is 0 Å². The smallest absolute Gasteiger partial charge is 0.314 e. The number of esters is 1. The Hall–Kier alpha value is -1.06. The van der Waals surface area contributed by atoms with Crippen LogP contribution in [0.3, 0.4) is 0 Å². The number of hydrogen-bond acceptors (Lipinski definition) is 3. The summed E-state index contributed by atoms with van der Waals surface area (Å²) in [7, 11) is 1.34. The molecule has 1 rings (SSSR count). The largest absolute Gasteiger partial charge is 0.469 e. The highest BCUT2D eigenvalue weighted by atomic mass is 35.5. The zero-order chi connectivity index (χ0) is 11.4. The van der Waals surface area contributed by atoms with Crippen LogP contribution in [0.2, 0.25) is 5.02 Å². The summed E-state index contributed by atoms with van der Waals surface area (Å²) in [5.41, 5.74) is 7.31. The third-order valence-electron chi connectivity index (χ3n) is 2.25. The fourth-order valence-electron chi connectivity index (χ4n) is 1.42. The zero-order valence-electron chi connectivity index (χ0n) is 8.79. The third-order valence-corrected chi connectivity index (χ3v) is 2.59. The van der Waals surface area contributed by atoms with Gasteiger partial charge in [-0.1, -0.05) is 29.3 Å². The highest BCUT2D eigenvalue weighted by Crippen LogP contribution is 2.26. The molecule has 1 aromatic carbocycles. The van der Waals surface area contributed by atoms with Crippen LogP contribution in [0.25, 0.3) is 0 Å². The summed E-state index contributed by atoms with van der Waals surface area (Å²) in [5, 5.41) is 0.543. The van der Waals surface area contributed by atoms with Crippen molar-refractivity contribution in [3.05, 3.63) is 34.3 Å². The predicted molar refractivity (Wildman–Crippen MR) is 60.0 cm³/mol. The number of benzene rings is 1. The molecule has 0 aromatic heterocycles.